The van der Waals surface area contributed by atoms with Crippen molar-refractivity contribution in [2.45, 2.75) is 108 Å². The Morgan fingerprint density at radius 1 is 1.09 bits per heavy atom. The van der Waals surface area contributed by atoms with Gasteiger partial charge in [0.2, 0.25) is 5.91 Å². The Balaban J connectivity index is 1.10. The van der Waals surface area contributed by atoms with Crippen LogP contribution in [0.3, 0.4) is 0 Å². The SMILES string of the molecule is C[C@@H]1[C@H](N)CCCN1C(=O)c1cc(F)c2c(c1)nc(-c1cc3ccc([C@@H](C)NC(=O)C45CC(F)(C4)C5)nc3n1CC1CC1)n2C1CC1. The molecule has 9 nitrogen and oxygen atoms in total. The Kier molecular flexibility index (Phi) is 6.28. The third-order valence-electron chi connectivity index (χ3n) is 11.6. The number of likely N-dealkylation sites (tertiary alicyclic amines) is 1. The standard InChI is InChI=1S/C36H41F2N7O2/c1-19(40-34(47)35-16-36(38,17-35)18-35)27-10-7-22-14-29(44(31(22)41-27)15-21-5-6-21)32-42-28-13-23(12-25(37)30(28)45(32)24-8-9-24)33(46)43-11-3-4-26(39)20(43)2/h7,10,12-14,19-21,24,26H,3-6,8-9,11,15-18,39H2,1-2H3,(H,40,47)/t19-,20-,26-,35?,36?/m1/s1. The number of nitrogens with two attached hydrogens (primary N) is 1. The van der Waals surface area contributed by atoms with Crippen LogP contribution in [-0.2, 0) is 11.3 Å². The van der Waals surface area contributed by atoms with Crippen molar-refractivity contribution in [3.05, 3.63) is 47.4 Å². The van der Waals surface area contributed by atoms with Gasteiger partial charge in [-0.2, -0.15) is 0 Å². The number of piperidine rings is 1. The maximum Gasteiger partial charge on any atom is 0.254 e. The van der Waals surface area contributed by atoms with Gasteiger partial charge in [-0.15, -0.1) is 0 Å². The summed E-state index contributed by atoms with van der Waals surface area (Å²) in [5, 5.41) is 4.04. The van der Waals surface area contributed by atoms with Crippen molar-refractivity contribution in [1.82, 2.24) is 29.3 Å². The lowest BCUT2D eigenvalue weighted by atomic mass is 9.42. The van der Waals surface area contributed by atoms with E-state index in [-0.39, 0.29) is 36.0 Å². The Bertz CT molecular complexity index is 1950. The number of fused-ring (bicyclic) bond motifs is 2. The molecule has 6 fully saturated rings. The Labute approximate surface area is 271 Å². The van der Waals surface area contributed by atoms with E-state index in [0.29, 0.717) is 54.1 Å². The van der Waals surface area contributed by atoms with Gasteiger partial charge in [0.05, 0.1) is 28.4 Å². The molecular formula is C36H41F2N7O2. The van der Waals surface area contributed by atoms with E-state index in [1.54, 1.807) is 11.0 Å². The fourth-order valence-corrected chi connectivity index (χ4v) is 8.44. The van der Waals surface area contributed by atoms with Gasteiger partial charge < -0.3 is 25.1 Å². The average Bonchev–Trinajstić information content (AvgIpc) is 3.95. The summed E-state index contributed by atoms with van der Waals surface area (Å²) in [4.78, 5) is 38.5. The van der Waals surface area contributed by atoms with E-state index in [1.165, 1.54) is 6.07 Å². The molecule has 1 aromatic carbocycles. The second kappa shape index (κ2) is 10.1. The van der Waals surface area contributed by atoms with Crippen molar-refractivity contribution in [2.75, 3.05) is 6.54 Å². The lowest BCUT2D eigenvalue weighted by Gasteiger charge is -2.64. The number of pyridine rings is 1. The fourth-order valence-electron chi connectivity index (χ4n) is 8.44. The quantitative estimate of drug-likeness (QED) is 0.247. The second-order valence-corrected chi connectivity index (χ2v) is 15.3. The number of halogens is 2. The summed E-state index contributed by atoms with van der Waals surface area (Å²) in [7, 11) is 0. The molecule has 246 valence electrons. The molecule has 2 bridgehead atoms. The first-order valence-corrected chi connectivity index (χ1v) is 17.3. The van der Waals surface area contributed by atoms with Gasteiger partial charge in [0.1, 0.15) is 22.6 Å². The number of alkyl halides is 1. The second-order valence-electron chi connectivity index (χ2n) is 15.3. The molecule has 0 radical (unpaired) electrons. The molecule has 5 saturated carbocycles. The number of benzene rings is 1. The fraction of sp³-hybridized carbons (Fsp3) is 0.556. The van der Waals surface area contributed by atoms with Gasteiger partial charge in [-0.05, 0) is 108 Å². The van der Waals surface area contributed by atoms with Crippen molar-refractivity contribution < 1.29 is 18.4 Å². The molecule has 3 atom stereocenters. The van der Waals surface area contributed by atoms with Gasteiger partial charge in [-0.25, -0.2) is 18.7 Å². The maximum atomic E-state index is 16.1. The Hall–Kier alpha value is -3.86. The number of nitrogens with one attached hydrogen (secondary N) is 1. The number of rotatable bonds is 8. The normalized spacial score (nSPS) is 29.1. The van der Waals surface area contributed by atoms with Crippen molar-refractivity contribution >= 4 is 33.9 Å². The topological polar surface area (TPSA) is 111 Å². The first kappa shape index (κ1) is 29.3. The summed E-state index contributed by atoms with van der Waals surface area (Å²) in [6.45, 7) is 5.25. The molecule has 47 heavy (non-hydrogen) atoms. The zero-order valence-corrected chi connectivity index (χ0v) is 26.9. The van der Waals surface area contributed by atoms with E-state index >= 15 is 4.39 Å². The van der Waals surface area contributed by atoms with Gasteiger partial charge in [0.15, 0.2) is 5.82 Å². The molecule has 1 saturated heterocycles. The van der Waals surface area contributed by atoms with Crippen LogP contribution in [0.4, 0.5) is 8.78 Å². The Morgan fingerprint density at radius 2 is 1.85 bits per heavy atom. The van der Waals surface area contributed by atoms with E-state index in [4.69, 9.17) is 15.7 Å². The van der Waals surface area contributed by atoms with E-state index in [2.05, 4.69) is 16.0 Å². The molecule has 4 aromatic rings. The highest BCUT2D eigenvalue weighted by atomic mass is 19.1. The van der Waals surface area contributed by atoms with Crippen LogP contribution in [0.15, 0.2) is 30.3 Å². The average molecular weight is 642 g/mol. The molecule has 5 aliphatic carbocycles. The summed E-state index contributed by atoms with van der Waals surface area (Å²) in [6, 6.07) is 8.74. The summed E-state index contributed by atoms with van der Waals surface area (Å²) >= 11 is 0. The molecule has 10 rings (SSSR count). The molecule has 0 spiro atoms. The molecule has 6 aliphatic rings. The first-order valence-electron chi connectivity index (χ1n) is 17.3. The van der Waals surface area contributed by atoms with Crippen LogP contribution in [0, 0.1) is 17.2 Å². The van der Waals surface area contributed by atoms with Crippen LogP contribution < -0.4 is 11.1 Å². The van der Waals surface area contributed by atoms with Crippen molar-refractivity contribution in [3.63, 3.8) is 0 Å². The minimum Gasteiger partial charge on any atom is -0.348 e. The highest BCUT2D eigenvalue weighted by Gasteiger charge is 2.72. The van der Waals surface area contributed by atoms with Crippen molar-refractivity contribution in [3.8, 4) is 11.5 Å². The van der Waals surface area contributed by atoms with E-state index in [0.717, 1.165) is 67.5 Å². The van der Waals surface area contributed by atoms with E-state index < -0.39 is 16.9 Å². The monoisotopic (exact) mass is 641 g/mol. The van der Waals surface area contributed by atoms with E-state index in [1.807, 2.05) is 30.5 Å². The predicted molar refractivity (Wildman–Crippen MR) is 174 cm³/mol. The smallest absolute Gasteiger partial charge is 0.254 e. The van der Waals surface area contributed by atoms with Crippen LogP contribution in [0.1, 0.15) is 99.8 Å². The zero-order chi connectivity index (χ0) is 32.4. The number of nitrogens with zero attached hydrogens (tertiary/aromatic N) is 5. The number of aromatic nitrogens is 4. The highest BCUT2D eigenvalue weighted by Crippen LogP contribution is 2.69. The molecule has 2 amide bonds. The molecule has 0 unspecified atom stereocenters. The number of hydrogen-bond acceptors (Lipinski definition) is 5. The van der Waals surface area contributed by atoms with E-state index in [9.17, 15) is 14.0 Å². The van der Waals surface area contributed by atoms with Crippen molar-refractivity contribution in [2.24, 2.45) is 17.1 Å². The summed E-state index contributed by atoms with van der Waals surface area (Å²) in [5.74, 6) is 0.473. The molecule has 11 heteroatoms. The number of amides is 2. The Morgan fingerprint density at radius 3 is 2.55 bits per heavy atom. The molecular weight excluding hydrogens is 600 g/mol. The van der Waals surface area contributed by atoms with Crippen LogP contribution in [-0.4, -0.2) is 60.1 Å². The number of carbonyl (C=O) groups is 2. The third-order valence-corrected chi connectivity index (χ3v) is 11.6. The van der Waals surface area contributed by atoms with Gasteiger partial charge in [0.25, 0.3) is 5.91 Å². The minimum absolute atomic E-state index is 0.0870. The minimum atomic E-state index is -1.13. The molecule has 3 aromatic heterocycles. The summed E-state index contributed by atoms with van der Waals surface area (Å²) in [6.07, 6.45) is 6.82. The van der Waals surface area contributed by atoms with Gasteiger partial charge in [0, 0.05) is 42.2 Å². The van der Waals surface area contributed by atoms with Gasteiger partial charge in [-0.1, -0.05) is 0 Å². The predicted octanol–water partition coefficient (Wildman–Crippen LogP) is 5.96. The van der Waals surface area contributed by atoms with Crippen LogP contribution in [0.25, 0.3) is 33.6 Å². The third kappa shape index (κ3) is 4.63. The lowest BCUT2D eigenvalue weighted by molar-refractivity contribution is -0.214. The van der Waals surface area contributed by atoms with Crippen molar-refractivity contribution in [1.29, 1.82) is 0 Å². The zero-order valence-electron chi connectivity index (χ0n) is 26.9. The van der Waals surface area contributed by atoms with Gasteiger partial charge >= 0.3 is 0 Å². The molecule has 4 heterocycles. The molecule has 3 N–H and O–H groups in total. The van der Waals surface area contributed by atoms with Gasteiger partial charge in [-0.3, -0.25) is 9.59 Å². The number of imidazole rings is 1. The molecule has 1 aliphatic heterocycles. The highest BCUT2D eigenvalue weighted by molar-refractivity contribution is 5.98. The summed E-state index contributed by atoms with van der Waals surface area (Å²) in [5.41, 5.74) is 8.22. The van der Waals surface area contributed by atoms with Crippen LogP contribution >= 0.6 is 0 Å². The number of hydrogen-bond donors (Lipinski definition) is 2. The lowest BCUT2D eigenvalue weighted by Crippen LogP contribution is -2.70. The van der Waals surface area contributed by atoms with Crippen LogP contribution in [0.2, 0.25) is 0 Å². The first-order chi connectivity index (χ1) is 22.5. The van der Waals surface area contributed by atoms with Crippen LogP contribution in [0.5, 0.6) is 0 Å². The summed E-state index contributed by atoms with van der Waals surface area (Å²) < 4.78 is 34.4. The largest absolute Gasteiger partial charge is 0.348 e. The number of carbonyl (C=O) groups excluding carboxylic acids is 2. The maximum absolute atomic E-state index is 16.1.